The third kappa shape index (κ3) is 3.30. The first-order valence-electron chi connectivity index (χ1n) is 7.56. The fourth-order valence-corrected chi connectivity index (χ4v) is 2.54. The summed E-state index contributed by atoms with van der Waals surface area (Å²) in [5.41, 5.74) is 1.73. The zero-order valence-corrected chi connectivity index (χ0v) is 12.9. The molecule has 0 bridgehead atoms. The number of hydrogen-bond donors (Lipinski definition) is 1. The Bertz CT molecular complexity index is 485. The third-order valence-electron chi connectivity index (χ3n) is 3.75. The van der Waals surface area contributed by atoms with E-state index >= 15 is 0 Å². The van der Waals surface area contributed by atoms with Gasteiger partial charge in [0.05, 0.1) is 0 Å². The van der Waals surface area contributed by atoms with Crippen LogP contribution in [0.25, 0.3) is 0 Å². The SMILES string of the molecule is CCNc1cc(C(=O)N2CCC(C)C2)cc(C(C)C)n1. The first kappa shape index (κ1) is 14.8. The molecule has 0 saturated carbocycles. The van der Waals surface area contributed by atoms with Crippen LogP contribution >= 0.6 is 0 Å². The zero-order chi connectivity index (χ0) is 14.7. The summed E-state index contributed by atoms with van der Waals surface area (Å²) in [6.07, 6.45) is 1.11. The Morgan fingerprint density at radius 3 is 2.80 bits per heavy atom. The van der Waals surface area contributed by atoms with Gasteiger partial charge in [-0.3, -0.25) is 4.79 Å². The molecule has 1 saturated heterocycles. The molecule has 0 spiro atoms. The average Bonchev–Trinajstić information content (AvgIpc) is 2.84. The van der Waals surface area contributed by atoms with Gasteiger partial charge in [-0.2, -0.15) is 0 Å². The number of nitrogens with one attached hydrogen (secondary N) is 1. The predicted molar refractivity (Wildman–Crippen MR) is 82.2 cm³/mol. The fourth-order valence-electron chi connectivity index (χ4n) is 2.54. The molecule has 1 N–H and O–H groups in total. The quantitative estimate of drug-likeness (QED) is 0.918. The highest BCUT2D eigenvalue weighted by atomic mass is 16.2. The molecule has 1 aromatic rings. The van der Waals surface area contributed by atoms with E-state index in [9.17, 15) is 4.79 Å². The molecule has 110 valence electrons. The maximum atomic E-state index is 12.6. The molecule has 0 aliphatic carbocycles. The molecule has 4 nitrogen and oxygen atoms in total. The van der Waals surface area contributed by atoms with Gasteiger partial charge >= 0.3 is 0 Å². The number of carbonyl (C=O) groups excluding carboxylic acids is 1. The molecule has 4 heteroatoms. The second-order valence-corrected chi connectivity index (χ2v) is 6.00. The van der Waals surface area contributed by atoms with Crippen LogP contribution in [0.2, 0.25) is 0 Å². The molecule has 1 unspecified atom stereocenters. The van der Waals surface area contributed by atoms with Gasteiger partial charge in [0, 0.05) is 30.9 Å². The number of likely N-dealkylation sites (tertiary alicyclic amines) is 1. The van der Waals surface area contributed by atoms with Crippen molar-refractivity contribution in [3.8, 4) is 0 Å². The summed E-state index contributed by atoms with van der Waals surface area (Å²) < 4.78 is 0. The number of pyridine rings is 1. The van der Waals surface area contributed by atoms with Crippen LogP contribution < -0.4 is 5.32 Å². The highest BCUT2D eigenvalue weighted by Gasteiger charge is 2.25. The van der Waals surface area contributed by atoms with E-state index in [0.29, 0.717) is 11.8 Å². The van der Waals surface area contributed by atoms with Crippen molar-refractivity contribution >= 4 is 11.7 Å². The van der Waals surface area contributed by atoms with Gasteiger partial charge in [0.1, 0.15) is 5.82 Å². The molecule has 2 rings (SSSR count). The molecule has 1 aromatic heterocycles. The first-order chi connectivity index (χ1) is 9.51. The summed E-state index contributed by atoms with van der Waals surface area (Å²) in [5, 5.41) is 3.22. The normalized spacial score (nSPS) is 18.6. The minimum absolute atomic E-state index is 0.137. The molecule has 2 heterocycles. The molecule has 20 heavy (non-hydrogen) atoms. The van der Waals surface area contributed by atoms with Gasteiger partial charge in [-0.25, -0.2) is 4.98 Å². The summed E-state index contributed by atoms with van der Waals surface area (Å²) in [4.78, 5) is 19.1. The minimum atomic E-state index is 0.137. The second kappa shape index (κ2) is 6.25. The maximum Gasteiger partial charge on any atom is 0.254 e. The van der Waals surface area contributed by atoms with Gasteiger partial charge in [-0.05, 0) is 37.3 Å². The van der Waals surface area contributed by atoms with Gasteiger partial charge in [-0.15, -0.1) is 0 Å². The van der Waals surface area contributed by atoms with Crippen LogP contribution in [0.1, 0.15) is 56.1 Å². The van der Waals surface area contributed by atoms with Gasteiger partial charge in [0.15, 0.2) is 0 Å². The van der Waals surface area contributed by atoms with Crippen LogP contribution in [0.4, 0.5) is 5.82 Å². The topological polar surface area (TPSA) is 45.2 Å². The number of rotatable bonds is 4. The molecule has 1 aliphatic rings. The fraction of sp³-hybridized carbons (Fsp3) is 0.625. The van der Waals surface area contributed by atoms with E-state index in [0.717, 1.165) is 43.1 Å². The molecule has 1 aliphatic heterocycles. The first-order valence-corrected chi connectivity index (χ1v) is 7.56. The number of carbonyl (C=O) groups is 1. The molecule has 0 radical (unpaired) electrons. The average molecular weight is 275 g/mol. The van der Waals surface area contributed by atoms with Crippen molar-refractivity contribution in [3.63, 3.8) is 0 Å². The van der Waals surface area contributed by atoms with E-state index < -0.39 is 0 Å². The summed E-state index contributed by atoms with van der Waals surface area (Å²) in [6.45, 7) is 11.0. The van der Waals surface area contributed by atoms with E-state index in [1.165, 1.54) is 0 Å². The van der Waals surface area contributed by atoms with E-state index in [2.05, 4.69) is 31.1 Å². The Kier molecular flexibility index (Phi) is 4.63. The number of aromatic nitrogens is 1. The van der Waals surface area contributed by atoms with Gasteiger partial charge < -0.3 is 10.2 Å². The molecular formula is C16H25N3O. The van der Waals surface area contributed by atoms with Gasteiger partial charge in [-0.1, -0.05) is 20.8 Å². The highest BCUT2D eigenvalue weighted by molar-refractivity contribution is 5.95. The number of anilines is 1. The summed E-state index contributed by atoms with van der Waals surface area (Å²) >= 11 is 0. The Labute approximate surface area is 121 Å². The summed E-state index contributed by atoms with van der Waals surface area (Å²) in [5.74, 6) is 1.86. The van der Waals surface area contributed by atoms with E-state index in [1.807, 2.05) is 24.0 Å². The third-order valence-corrected chi connectivity index (χ3v) is 3.75. The van der Waals surface area contributed by atoms with Crippen molar-refractivity contribution in [1.29, 1.82) is 0 Å². The smallest absolute Gasteiger partial charge is 0.254 e. The Hall–Kier alpha value is -1.58. The summed E-state index contributed by atoms with van der Waals surface area (Å²) in [7, 11) is 0. The lowest BCUT2D eigenvalue weighted by Gasteiger charge is -2.18. The Balaban J connectivity index is 2.27. The van der Waals surface area contributed by atoms with Crippen molar-refractivity contribution in [1.82, 2.24) is 9.88 Å². The Morgan fingerprint density at radius 1 is 1.50 bits per heavy atom. The predicted octanol–water partition coefficient (Wildman–Crippen LogP) is 3.12. The Morgan fingerprint density at radius 2 is 2.25 bits per heavy atom. The molecule has 1 amide bonds. The number of amides is 1. The van der Waals surface area contributed by atoms with Gasteiger partial charge in [0.25, 0.3) is 5.91 Å². The molecular weight excluding hydrogens is 250 g/mol. The van der Waals surface area contributed by atoms with Crippen LogP contribution in [0.3, 0.4) is 0 Å². The van der Waals surface area contributed by atoms with Crippen LogP contribution in [-0.2, 0) is 0 Å². The van der Waals surface area contributed by atoms with Crippen molar-refractivity contribution in [2.75, 3.05) is 25.0 Å². The summed E-state index contributed by atoms with van der Waals surface area (Å²) in [6, 6.07) is 3.82. The van der Waals surface area contributed by atoms with Crippen molar-refractivity contribution in [2.45, 2.75) is 40.0 Å². The van der Waals surface area contributed by atoms with Gasteiger partial charge in [0.2, 0.25) is 0 Å². The monoisotopic (exact) mass is 275 g/mol. The van der Waals surface area contributed by atoms with Crippen LogP contribution in [0, 0.1) is 5.92 Å². The molecule has 0 aromatic carbocycles. The molecule has 1 fully saturated rings. The van der Waals surface area contributed by atoms with E-state index in [-0.39, 0.29) is 5.91 Å². The lowest BCUT2D eigenvalue weighted by molar-refractivity contribution is 0.0788. The van der Waals surface area contributed by atoms with Crippen molar-refractivity contribution in [2.24, 2.45) is 5.92 Å². The zero-order valence-electron chi connectivity index (χ0n) is 12.9. The molecule has 1 atom stereocenters. The lowest BCUT2D eigenvalue weighted by atomic mass is 10.1. The van der Waals surface area contributed by atoms with Crippen LogP contribution in [0.5, 0.6) is 0 Å². The number of hydrogen-bond acceptors (Lipinski definition) is 3. The second-order valence-electron chi connectivity index (χ2n) is 6.00. The number of nitrogens with zero attached hydrogens (tertiary/aromatic N) is 2. The highest BCUT2D eigenvalue weighted by Crippen LogP contribution is 2.22. The minimum Gasteiger partial charge on any atom is -0.370 e. The standard InChI is InChI=1S/C16H25N3O/c1-5-17-15-9-13(8-14(18-15)11(2)3)16(20)19-7-6-12(4)10-19/h8-9,11-12H,5-7,10H2,1-4H3,(H,17,18). The van der Waals surface area contributed by atoms with Crippen molar-refractivity contribution in [3.05, 3.63) is 23.4 Å². The van der Waals surface area contributed by atoms with Crippen molar-refractivity contribution < 1.29 is 4.79 Å². The van der Waals surface area contributed by atoms with Crippen LogP contribution in [-0.4, -0.2) is 35.4 Å². The van der Waals surface area contributed by atoms with Crippen LogP contribution in [0.15, 0.2) is 12.1 Å². The van der Waals surface area contributed by atoms with E-state index in [1.54, 1.807) is 0 Å². The lowest BCUT2D eigenvalue weighted by Crippen LogP contribution is -2.28. The van der Waals surface area contributed by atoms with E-state index in [4.69, 9.17) is 0 Å². The largest absolute Gasteiger partial charge is 0.370 e. The maximum absolute atomic E-state index is 12.6.